The normalized spacial score (nSPS) is 20.0. The van der Waals surface area contributed by atoms with E-state index in [1.807, 2.05) is 0 Å². The number of hydrogen-bond donors (Lipinski definition) is 1. The van der Waals surface area contributed by atoms with E-state index in [1.54, 1.807) is 12.3 Å². The first-order valence-corrected chi connectivity index (χ1v) is 8.95. The molecule has 10 heteroatoms. The lowest BCUT2D eigenvalue weighted by Gasteiger charge is -2.25. The molecule has 0 atom stereocenters. The SMILES string of the molecule is NC(=O)c1c(-c2cn(C3CCC(C=O)CC3)nc2C(F)F)nn2cccnc12. The summed E-state index contributed by atoms with van der Waals surface area (Å²) in [6, 6.07) is 1.52. The van der Waals surface area contributed by atoms with E-state index in [0.29, 0.717) is 25.7 Å². The molecule has 1 aliphatic carbocycles. The van der Waals surface area contributed by atoms with E-state index in [1.165, 1.54) is 21.6 Å². The first-order valence-electron chi connectivity index (χ1n) is 8.95. The Balaban J connectivity index is 1.81. The van der Waals surface area contributed by atoms with Crippen LogP contribution in [0.3, 0.4) is 0 Å². The number of nitrogens with two attached hydrogens (primary N) is 1. The molecule has 2 N–H and O–H groups in total. The Hall–Kier alpha value is -3.17. The monoisotopic (exact) mass is 388 g/mol. The highest BCUT2D eigenvalue weighted by atomic mass is 19.3. The summed E-state index contributed by atoms with van der Waals surface area (Å²) in [6.45, 7) is 0. The minimum atomic E-state index is -2.85. The maximum atomic E-state index is 13.7. The van der Waals surface area contributed by atoms with Crippen molar-refractivity contribution < 1.29 is 18.4 Å². The van der Waals surface area contributed by atoms with Crippen LogP contribution in [0.1, 0.15) is 54.2 Å². The smallest absolute Gasteiger partial charge is 0.282 e. The Morgan fingerprint density at radius 3 is 2.64 bits per heavy atom. The predicted molar refractivity (Wildman–Crippen MR) is 94.7 cm³/mol. The molecule has 0 saturated heterocycles. The van der Waals surface area contributed by atoms with E-state index in [0.717, 1.165) is 6.29 Å². The van der Waals surface area contributed by atoms with E-state index in [9.17, 15) is 18.4 Å². The lowest BCUT2D eigenvalue weighted by Crippen LogP contribution is -2.19. The van der Waals surface area contributed by atoms with Crippen LogP contribution in [0.25, 0.3) is 16.9 Å². The van der Waals surface area contributed by atoms with Crippen molar-refractivity contribution in [3.05, 3.63) is 35.9 Å². The molecule has 4 rings (SSSR count). The van der Waals surface area contributed by atoms with E-state index in [4.69, 9.17) is 5.73 Å². The van der Waals surface area contributed by atoms with Crippen molar-refractivity contribution in [1.82, 2.24) is 24.4 Å². The van der Waals surface area contributed by atoms with Gasteiger partial charge in [0.15, 0.2) is 5.65 Å². The molecule has 1 fully saturated rings. The highest BCUT2D eigenvalue weighted by molar-refractivity contribution is 6.04. The van der Waals surface area contributed by atoms with Crippen molar-refractivity contribution >= 4 is 17.8 Å². The number of aldehydes is 1. The quantitative estimate of drug-likeness (QED) is 0.676. The van der Waals surface area contributed by atoms with Gasteiger partial charge in [-0.15, -0.1) is 0 Å². The third-order valence-corrected chi connectivity index (χ3v) is 5.17. The molecule has 146 valence electrons. The van der Waals surface area contributed by atoms with Crippen molar-refractivity contribution in [2.75, 3.05) is 0 Å². The van der Waals surface area contributed by atoms with Crippen molar-refractivity contribution in [3.63, 3.8) is 0 Å². The van der Waals surface area contributed by atoms with Gasteiger partial charge in [-0.3, -0.25) is 9.48 Å². The fraction of sp³-hybridized carbons (Fsp3) is 0.389. The minimum Gasteiger partial charge on any atom is -0.365 e. The van der Waals surface area contributed by atoms with Gasteiger partial charge in [0.1, 0.15) is 23.2 Å². The summed E-state index contributed by atoms with van der Waals surface area (Å²) in [5.41, 5.74) is 5.31. The summed E-state index contributed by atoms with van der Waals surface area (Å²) in [5, 5.41) is 8.34. The Labute approximate surface area is 158 Å². The molecule has 1 aliphatic rings. The number of halogens is 2. The lowest BCUT2D eigenvalue weighted by atomic mass is 9.87. The lowest BCUT2D eigenvalue weighted by molar-refractivity contribution is -0.112. The number of carbonyl (C=O) groups excluding carboxylic acids is 2. The van der Waals surface area contributed by atoms with Crippen LogP contribution in [-0.4, -0.2) is 36.6 Å². The maximum absolute atomic E-state index is 13.7. The average Bonchev–Trinajstić information content (AvgIpc) is 3.30. The molecule has 8 nitrogen and oxygen atoms in total. The molecule has 0 aromatic carbocycles. The Kier molecular flexibility index (Phi) is 4.62. The van der Waals surface area contributed by atoms with Crippen molar-refractivity contribution in [3.8, 4) is 11.3 Å². The van der Waals surface area contributed by atoms with Gasteiger partial charge in [0.05, 0.1) is 11.6 Å². The zero-order valence-electron chi connectivity index (χ0n) is 14.8. The third kappa shape index (κ3) is 3.04. The molecule has 3 aromatic rings. The molecule has 3 heterocycles. The van der Waals surface area contributed by atoms with Crippen LogP contribution in [0.4, 0.5) is 8.78 Å². The van der Waals surface area contributed by atoms with Gasteiger partial charge < -0.3 is 10.5 Å². The van der Waals surface area contributed by atoms with Crippen molar-refractivity contribution in [2.24, 2.45) is 11.7 Å². The van der Waals surface area contributed by atoms with Gasteiger partial charge in [0, 0.05) is 24.5 Å². The number of alkyl halides is 2. The first-order chi connectivity index (χ1) is 13.5. The summed E-state index contributed by atoms with van der Waals surface area (Å²) in [5.74, 6) is -0.796. The molecule has 0 aliphatic heterocycles. The van der Waals surface area contributed by atoms with Crippen LogP contribution in [0, 0.1) is 5.92 Å². The van der Waals surface area contributed by atoms with Crippen LogP contribution in [0.15, 0.2) is 24.7 Å². The number of primary amides is 1. The van der Waals surface area contributed by atoms with Crippen LogP contribution < -0.4 is 5.73 Å². The van der Waals surface area contributed by atoms with E-state index >= 15 is 0 Å². The largest absolute Gasteiger partial charge is 0.365 e. The zero-order valence-corrected chi connectivity index (χ0v) is 14.8. The third-order valence-electron chi connectivity index (χ3n) is 5.17. The van der Waals surface area contributed by atoms with Gasteiger partial charge in [-0.05, 0) is 31.7 Å². The topological polar surface area (TPSA) is 108 Å². The van der Waals surface area contributed by atoms with E-state index in [2.05, 4.69) is 15.2 Å². The van der Waals surface area contributed by atoms with E-state index in [-0.39, 0.29) is 34.4 Å². The Morgan fingerprint density at radius 1 is 1.25 bits per heavy atom. The summed E-state index contributed by atoms with van der Waals surface area (Å²) in [4.78, 5) is 27.0. The summed E-state index contributed by atoms with van der Waals surface area (Å²) in [6.07, 6.45) is 5.34. The van der Waals surface area contributed by atoms with Gasteiger partial charge in [-0.1, -0.05) is 0 Å². The molecule has 0 radical (unpaired) electrons. The minimum absolute atomic E-state index is 0.00632. The molecule has 0 unspecified atom stereocenters. The molecular weight excluding hydrogens is 370 g/mol. The second kappa shape index (κ2) is 7.10. The van der Waals surface area contributed by atoms with Gasteiger partial charge in [0.2, 0.25) is 0 Å². The molecule has 28 heavy (non-hydrogen) atoms. The zero-order chi connectivity index (χ0) is 19.8. The summed E-state index contributed by atoms with van der Waals surface area (Å²) < 4.78 is 30.3. The van der Waals surface area contributed by atoms with Crippen molar-refractivity contribution in [2.45, 2.75) is 38.2 Å². The fourth-order valence-electron chi connectivity index (χ4n) is 3.74. The maximum Gasteiger partial charge on any atom is 0.282 e. The highest BCUT2D eigenvalue weighted by Crippen LogP contribution is 2.36. The Bertz CT molecular complexity index is 1040. The second-order valence-corrected chi connectivity index (χ2v) is 6.89. The Morgan fingerprint density at radius 2 is 2.00 bits per heavy atom. The van der Waals surface area contributed by atoms with Crippen LogP contribution >= 0.6 is 0 Å². The molecule has 0 bridgehead atoms. The molecule has 1 saturated carbocycles. The number of carbonyl (C=O) groups is 2. The highest BCUT2D eigenvalue weighted by Gasteiger charge is 2.30. The van der Waals surface area contributed by atoms with Crippen molar-refractivity contribution in [1.29, 1.82) is 0 Å². The second-order valence-electron chi connectivity index (χ2n) is 6.89. The summed E-state index contributed by atoms with van der Waals surface area (Å²) in [7, 11) is 0. The standard InChI is InChI=1S/C18H18F2N6O2/c19-16(20)15-12(8-26(24-15)11-4-2-10(9-27)3-5-11)14-13(17(21)28)18-22-6-1-7-25(18)23-14/h1,6-11,16H,2-5H2,(H2,21,28). The van der Waals surface area contributed by atoms with E-state index < -0.39 is 18.0 Å². The number of rotatable bonds is 5. The van der Waals surface area contributed by atoms with Gasteiger partial charge >= 0.3 is 0 Å². The summed E-state index contributed by atoms with van der Waals surface area (Å²) >= 11 is 0. The average molecular weight is 388 g/mol. The number of amides is 1. The number of hydrogen-bond acceptors (Lipinski definition) is 5. The fourth-order valence-corrected chi connectivity index (χ4v) is 3.74. The van der Waals surface area contributed by atoms with Gasteiger partial charge in [-0.2, -0.15) is 10.2 Å². The van der Waals surface area contributed by atoms with Gasteiger partial charge in [0.25, 0.3) is 12.3 Å². The molecule has 0 spiro atoms. The number of aromatic nitrogens is 5. The predicted octanol–water partition coefficient (Wildman–Crippen LogP) is 2.56. The van der Waals surface area contributed by atoms with Crippen LogP contribution in [0.2, 0.25) is 0 Å². The molecule has 3 aromatic heterocycles. The number of nitrogens with zero attached hydrogens (tertiary/aromatic N) is 5. The van der Waals surface area contributed by atoms with Crippen LogP contribution in [0.5, 0.6) is 0 Å². The van der Waals surface area contributed by atoms with Crippen LogP contribution in [-0.2, 0) is 4.79 Å². The van der Waals surface area contributed by atoms with Gasteiger partial charge in [-0.25, -0.2) is 18.3 Å². The molecular formula is C18H18F2N6O2. The number of fused-ring (bicyclic) bond motifs is 1. The first kappa shape index (κ1) is 18.2. The molecule has 1 amide bonds.